The molecule has 1 N–H and O–H groups in total. The number of methoxy groups -OCH3 is 2. The molecule has 0 spiro atoms. The first kappa shape index (κ1) is 30.4. The first-order valence-electron chi connectivity index (χ1n) is 13.1. The average molecular weight is 443 g/mol. The molecule has 0 aliphatic heterocycles. The van der Waals surface area contributed by atoms with Gasteiger partial charge in [0.15, 0.2) is 0 Å². The number of ether oxygens (including phenoxy) is 2. The number of likely N-dealkylation sites (N-methyl/N-ethyl adjacent to an activating group) is 1. The van der Waals surface area contributed by atoms with Gasteiger partial charge < -0.3 is 14.8 Å². The van der Waals surface area contributed by atoms with E-state index in [2.05, 4.69) is 17.1 Å². The second-order valence-corrected chi connectivity index (χ2v) is 9.11. The largest absolute Gasteiger partial charge is 0.385 e. The Balaban J connectivity index is 3.99. The van der Waals surface area contributed by atoms with Crippen molar-refractivity contribution in [3.63, 3.8) is 0 Å². The zero-order valence-corrected chi connectivity index (χ0v) is 21.4. The van der Waals surface area contributed by atoms with Crippen LogP contribution in [0.1, 0.15) is 110 Å². The van der Waals surface area contributed by atoms with Crippen LogP contribution >= 0.6 is 0 Å². The van der Waals surface area contributed by atoms with Crippen molar-refractivity contribution in [2.24, 2.45) is 0 Å². The van der Waals surface area contributed by atoms with Crippen LogP contribution in [0.25, 0.3) is 0 Å². The molecule has 0 aromatic heterocycles. The SMILES string of the molecule is CCN(C)CC(=O)NC(CCCCCCCCCOC)CCCCCCCCCOC. The van der Waals surface area contributed by atoms with E-state index < -0.39 is 0 Å². The molecule has 0 fully saturated rings. The lowest BCUT2D eigenvalue weighted by molar-refractivity contribution is -0.122. The normalized spacial score (nSPS) is 11.5. The van der Waals surface area contributed by atoms with Crippen molar-refractivity contribution in [2.45, 2.75) is 116 Å². The van der Waals surface area contributed by atoms with Crippen LogP contribution in [-0.4, -0.2) is 64.4 Å². The fourth-order valence-corrected chi connectivity index (χ4v) is 3.96. The van der Waals surface area contributed by atoms with Gasteiger partial charge in [-0.3, -0.25) is 9.69 Å². The summed E-state index contributed by atoms with van der Waals surface area (Å²) in [5.41, 5.74) is 0. The molecule has 0 saturated heterocycles. The summed E-state index contributed by atoms with van der Waals surface area (Å²) in [4.78, 5) is 14.4. The molecule has 0 rings (SSSR count). The van der Waals surface area contributed by atoms with Gasteiger partial charge in [-0.25, -0.2) is 0 Å². The third-order valence-electron chi connectivity index (χ3n) is 6.12. The minimum atomic E-state index is 0.186. The van der Waals surface area contributed by atoms with Gasteiger partial charge in [-0.05, 0) is 39.3 Å². The van der Waals surface area contributed by atoms with E-state index in [-0.39, 0.29) is 5.91 Å². The summed E-state index contributed by atoms with van der Waals surface area (Å²) in [6, 6.07) is 0.348. The summed E-state index contributed by atoms with van der Waals surface area (Å²) < 4.78 is 10.2. The van der Waals surface area contributed by atoms with Gasteiger partial charge in [0.05, 0.1) is 6.54 Å². The molecular weight excluding hydrogens is 388 g/mol. The lowest BCUT2D eigenvalue weighted by atomic mass is 9.99. The Morgan fingerprint density at radius 2 is 1.10 bits per heavy atom. The fourth-order valence-electron chi connectivity index (χ4n) is 3.96. The molecule has 0 heterocycles. The zero-order valence-electron chi connectivity index (χ0n) is 21.4. The highest BCUT2D eigenvalue weighted by molar-refractivity contribution is 5.78. The van der Waals surface area contributed by atoms with Crippen molar-refractivity contribution in [1.82, 2.24) is 10.2 Å². The smallest absolute Gasteiger partial charge is 0.234 e. The molecule has 0 aliphatic rings. The Hall–Kier alpha value is -0.650. The molecule has 0 aromatic rings. The van der Waals surface area contributed by atoms with Crippen LogP contribution in [0.3, 0.4) is 0 Å². The van der Waals surface area contributed by atoms with Crippen LogP contribution in [0.4, 0.5) is 0 Å². The lowest BCUT2D eigenvalue weighted by Gasteiger charge is -2.21. The van der Waals surface area contributed by atoms with Crippen molar-refractivity contribution < 1.29 is 14.3 Å². The van der Waals surface area contributed by atoms with E-state index in [9.17, 15) is 4.79 Å². The minimum absolute atomic E-state index is 0.186. The van der Waals surface area contributed by atoms with Gasteiger partial charge in [0.25, 0.3) is 0 Å². The van der Waals surface area contributed by atoms with Crippen LogP contribution in [0.15, 0.2) is 0 Å². The molecule has 0 aliphatic carbocycles. The summed E-state index contributed by atoms with van der Waals surface area (Å²) >= 11 is 0. The van der Waals surface area contributed by atoms with Gasteiger partial charge in [-0.1, -0.05) is 84.0 Å². The Morgan fingerprint density at radius 3 is 1.48 bits per heavy atom. The van der Waals surface area contributed by atoms with E-state index in [1.807, 2.05) is 7.05 Å². The number of hydrogen-bond acceptors (Lipinski definition) is 4. The third-order valence-corrected chi connectivity index (χ3v) is 6.12. The molecule has 0 atom stereocenters. The Bertz CT molecular complexity index is 358. The van der Waals surface area contributed by atoms with E-state index in [1.54, 1.807) is 14.2 Å². The molecule has 5 nitrogen and oxygen atoms in total. The molecule has 0 radical (unpaired) electrons. The Kier molecular flexibility index (Phi) is 23.5. The van der Waals surface area contributed by atoms with Gasteiger partial charge in [0.1, 0.15) is 0 Å². The van der Waals surface area contributed by atoms with Gasteiger partial charge in [-0.15, -0.1) is 0 Å². The molecular formula is C26H54N2O3. The van der Waals surface area contributed by atoms with E-state index in [0.29, 0.717) is 12.6 Å². The first-order chi connectivity index (χ1) is 15.1. The topological polar surface area (TPSA) is 50.8 Å². The molecule has 0 aromatic carbocycles. The summed E-state index contributed by atoms with van der Waals surface area (Å²) in [5.74, 6) is 0.186. The molecule has 31 heavy (non-hydrogen) atoms. The van der Waals surface area contributed by atoms with E-state index >= 15 is 0 Å². The van der Waals surface area contributed by atoms with Gasteiger partial charge in [0.2, 0.25) is 5.91 Å². The predicted molar refractivity (Wildman–Crippen MR) is 133 cm³/mol. The number of hydrogen-bond donors (Lipinski definition) is 1. The summed E-state index contributed by atoms with van der Waals surface area (Å²) in [6.07, 6.45) is 20.1. The lowest BCUT2D eigenvalue weighted by Crippen LogP contribution is -2.41. The third kappa shape index (κ3) is 22.3. The number of carbonyl (C=O) groups is 1. The standard InChI is InChI=1S/C26H54N2O3/c1-5-28(2)24-26(29)27-25(20-16-12-8-6-10-14-18-22-30-3)21-17-13-9-7-11-15-19-23-31-4/h25H,5-24H2,1-4H3,(H,27,29). The Labute approximate surface area is 194 Å². The number of unbranched alkanes of at least 4 members (excludes halogenated alkanes) is 12. The van der Waals surface area contributed by atoms with Gasteiger partial charge in [-0.2, -0.15) is 0 Å². The minimum Gasteiger partial charge on any atom is -0.385 e. The number of nitrogens with zero attached hydrogens (tertiary/aromatic N) is 1. The fraction of sp³-hybridized carbons (Fsp3) is 0.962. The molecule has 0 saturated carbocycles. The Morgan fingerprint density at radius 1 is 0.710 bits per heavy atom. The highest BCUT2D eigenvalue weighted by Crippen LogP contribution is 2.15. The second kappa shape index (κ2) is 24.0. The van der Waals surface area contributed by atoms with Gasteiger partial charge in [0, 0.05) is 33.5 Å². The van der Waals surface area contributed by atoms with E-state index in [0.717, 1.165) is 32.6 Å². The molecule has 5 heteroatoms. The van der Waals surface area contributed by atoms with E-state index in [4.69, 9.17) is 9.47 Å². The van der Waals surface area contributed by atoms with Crippen LogP contribution in [0.2, 0.25) is 0 Å². The highest BCUT2D eigenvalue weighted by atomic mass is 16.5. The average Bonchev–Trinajstić information content (AvgIpc) is 2.76. The quantitative estimate of drug-likeness (QED) is 0.187. The maximum Gasteiger partial charge on any atom is 0.234 e. The van der Waals surface area contributed by atoms with Crippen molar-refractivity contribution in [3.05, 3.63) is 0 Å². The molecule has 186 valence electrons. The maximum atomic E-state index is 12.4. The van der Waals surface area contributed by atoms with Crippen LogP contribution in [0.5, 0.6) is 0 Å². The van der Waals surface area contributed by atoms with E-state index in [1.165, 1.54) is 89.9 Å². The number of nitrogens with one attached hydrogen (secondary N) is 1. The van der Waals surface area contributed by atoms with Crippen molar-refractivity contribution in [3.8, 4) is 0 Å². The van der Waals surface area contributed by atoms with Crippen LogP contribution < -0.4 is 5.32 Å². The maximum absolute atomic E-state index is 12.4. The van der Waals surface area contributed by atoms with Crippen molar-refractivity contribution in [1.29, 1.82) is 0 Å². The van der Waals surface area contributed by atoms with Crippen LogP contribution in [-0.2, 0) is 14.3 Å². The first-order valence-corrected chi connectivity index (χ1v) is 13.1. The molecule has 0 bridgehead atoms. The van der Waals surface area contributed by atoms with Gasteiger partial charge >= 0.3 is 0 Å². The summed E-state index contributed by atoms with van der Waals surface area (Å²) in [6.45, 7) is 5.29. The van der Waals surface area contributed by atoms with Crippen molar-refractivity contribution in [2.75, 3.05) is 47.6 Å². The second-order valence-electron chi connectivity index (χ2n) is 9.11. The number of rotatable bonds is 24. The molecule has 0 unspecified atom stereocenters. The zero-order chi connectivity index (χ0) is 23.0. The molecule has 1 amide bonds. The monoisotopic (exact) mass is 442 g/mol. The van der Waals surface area contributed by atoms with Crippen LogP contribution in [0, 0.1) is 0 Å². The summed E-state index contributed by atoms with van der Waals surface area (Å²) in [7, 11) is 5.56. The number of carbonyl (C=O) groups excluding carboxylic acids is 1. The predicted octanol–water partition coefficient (Wildman–Crippen LogP) is 5.96. The summed E-state index contributed by atoms with van der Waals surface area (Å²) in [5, 5.41) is 3.32. The van der Waals surface area contributed by atoms with Crippen molar-refractivity contribution >= 4 is 5.91 Å². The highest BCUT2D eigenvalue weighted by Gasteiger charge is 2.13. The number of amides is 1.